The summed E-state index contributed by atoms with van der Waals surface area (Å²) in [5.74, 6) is 0. The summed E-state index contributed by atoms with van der Waals surface area (Å²) in [6.45, 7) is 1.65. The summed E-state index contributed by atoms with van der Waals surface area (Å²) in [4.78, 5) is 3.72. The van der Waals surface area contributed by atoms with E-state index in [0.29, 0.717) is 9.79 Å². The highest BCUT2D eigenvalue weighted by Gasteiger charge is 2.21. The van der Waals surface area contributed by atoms with Crippen LogP contribution in [0.1, 0.15) is 11.1 Å². The average Bonchev–Trinajstić information content (AvgIpc) is 3.17. The number of H-pyrrole nitrogens is 1. The summed E-state index contributed by atoms with van der Waals surface area (Å²) >= 11 is 0. The molecular weight excluding hydrogens is 368 g/mol. The maximum Gasteiger partial charge on any atom is 0.208 e. The van der Waals surface area contributed by atoms with Crippen LogP contribution in [0.2, 0.25) is 0 Å². The molecule has 0 radical (unpaired) electrons. The van der Waals surface area contributed by atoms with Crippen molar-refractivity contribution in [1.29, 1.82) is 0 Å². The summed E-state index contributed by atoms with van der Waals surface area (Å²) in [6.07, 6.45) is 2.42. The van der Waals surface area contributed by atoms with E-state index in [1.807, 2.05) is 42.5 Å². The molecule has 4 nitrogen and oxygen atoms in total. The number of fused-ring (bicyclic) bond motifs is 1. The van der Waals surface area contributed by atoms with E-state index in [0.717, 1.165) is 36.0 Å². The molecule has 3 aromatic carbocycles. The first-order valence-electron chi connectivity index (χ1n) is 9.29. The SMILES string of the molecule is O=S(=O)(c1ccccc1)c1c[nH]c2ccc(CCNCc3ccccc3)cc12. The van der Waals surface area contributed by atoms with Crippen molar-refractivity contribution in [1.82, 2.24) is 10.3 Å². The molecule has 0 atom stereocenters. The maximum absolute atomic E-state index is 13.0. The second-order valence-electron chi connectivity index (χ2n) is 6.76. The van der Waals surface area contributed by atoms with Crippen molar-refractivity contribution >= 4 is 20.7 Å². The van der Waals surface area contributed by atoms with Crippen molar-refractivity contribution in [3.05, 3.63) is 96.2 Å². The van der Waals surface area contributed by atoms with Gasteiger partial charge in [0.2, 0.25) is 9.84 Å². The van der Waals surface area contributed by atoms with Crippen molar-refractivity contribution in [2.24, 2.45) is 0 Å². The van der Waals surface area contributed by atoms with E-state index in [-0.39, 0.29) is 0 Å². The summed E-state index contributed by atoms with van der Waals surface area (Å²) in [6, 6.07) is 24.8. The molecule has 0 aliphatic rings. The smallest absolute Gasteiger partial charge is 0.208 e. The van der Waals surface area contributed by atoms with Crippen molar-refractivity contribution in [2.75, 3.05) is 6.54 Å². The molecule has 0 fully saturated rings. The first kappa shape index (κ1) is 18.5. The number of aromatic amines is 1. The molecule has 0 spiro atoms. The van der Waals surface area contributed by atoms with Crippen molar-refractivity contribution in [3.63, 3.8) is 0 Å². The van der Waals surface area contributed by atoms with Crippen LogP contribution in [0.3, 0.4) is 0 Å². The van der Waals surface area contributed by atoms with Crippen LogP contribution in [0.4, 0.5) is 0 Å². The van der Waals surface area contributed by atoms with Gasteiger partial charge < -0.3 is 10.3 Å². The van der Waals surface area contributed by atoms with Crippen LogP contribution in [0.25, 0.3) is 10.9 Å². The number of hydrogen-bond donors (Lipinski definition) is 2. The number of aromatic nitrogens is 1. The van der Waals surface area contributed by atoms with Gasteiger partial charge in [-0.15, -0.1) is 0 Å². The Balaban J connectivity index is 1.52. The third kappa shape index (κ3) is 3.86. The van der Waals surface area contributed by atoms with Crippen LogP contribution >= 0.6 is 0 Å². The molecule has 0 amide bonds. The topological polar surface area (TPSA) is 62.0 Å². The second kappa shape index (κ2) is 8.00. The summed E-state index contributed by atoms with van der Waals surface area (Å²) in [7, 11) is -3.55. The van der Waals surface area contributed by atoms with Crippen molar-refractivity contribution < 1.29 is 8.42 Å². The van der Waals surface area contributed by atoms with E-state index in [1.165, 1.54) is 5.56 Å². The number of nitrogens with one attached hydrogen (secondary N) is 2. The number of rotatable bonds is 7. The Kier molecular flexibility index (Phi) is 5.28. The first-order chi connectivity index (χ1) is 13.6. The lowest BCUT2D eigenvalue weighted by Crippen LogP contribution is -2.16. The fraction of sp³-hybridized carbons (Fsp3) is 0.130. The van der Waals surface area contributed by atoms with Crippen molar-refractivity contribution in [3.8, 4) is 0 Å². The van der Waals surface area contributed by atoms with Gasteiger partial charge in [-0.3, -0.25) is 0 Å². The van der Waals surface area contributed by atoms with Crippen LogP contribution in [0, 0.1) is 0 Å². The molecule has 0 saturated heterocycles. The fourth-order valence-electron chi connectivity index (χ4n) is 3.31. The van der Waals surface area contributed by atoms with Crippen LogP contribution in [-0.4, -0.2) is 19.9 Å². The van der Waals surface area contributed by atoms with Crippen LogP contribution in [-0.2, 0) is 22.8 Å². The Morgan fingerprint density at radius 3 is 2.29 bits per heavy atom. The van der Waals surface area contributed by atoms with E-state index in [1.54, 1.807) is 30.5 Å². The molecule has 0 unspecified atom stereocenters. The molecule has 1 aromatic heterocycles. The Bertz CT molecular complexity index is 1170. The van der Waals surface area contributed by atoms with Crippen LogP contribution in [0.5, 0.6) is 0 Å². The Morgan fingerprint density at radius 1 is 0.821 bits per heavy atom. The minimum atomic E-state index is -3.55. The predicted molar refractivity (Wildman–Crippen MR) is 112 cm³/mol. The molecule has 0 aliphatic heterocycles. The highest BCUT2D eigenvalue weighted by molar-refractivity contribution is 7.91. The molecule has 0 saturated carbocycles. The standard InChI is InChI=1S/C23H22N2O2S/c26-28(27,20-9-5-2-6-10-20)23-17-25-22-12-11-18(15-21(22)23)13-14-24-16-19-7-3-1-4-8-19/h1-12,15,17,24-25H,13-14,16H2. The van der Waals surface area contributed by atoms with Gasteiger partial charge in [-0.25, -0.2) is 8.42 Å². The number of benzene rings is 3. The van der Waals surface area contributed by atoms with Crippen LogP contribution < -0.4 is 5.32 Å². The van der Waals surface area contributed by atoms with Gasteiger partial charge >= 0.3 is 0 Å². The monoisotopic (exact) mass is 390 g/mol. The molecule has 1 heterocycles. The normalized spacial score (nSPS) is 11.7. The molecule has 2 N–H and O–H groups in total. The van der Waals surface area contributed by atoms with Gasteiger partial charge in [0, 0.05) is 23.6 Å². The van der Waals surface area contributed by atoms with Gasteiger partial charge in [0.15, 0.2) is 0 Å². The van der Waals surface area contributed by atoms with Gasteiger partial charge in [0.25, 0.3) is 0 Å². The zero-order valence-corrected chi connectivity index (χ0v) is 16.2. The molecular formula is C23H22N2O2S. The molecule has 4 aromatic rings. The lowest BCUT2D eigenvalue weighted by atomic mass is 10.1. The van der Waals surface area contributed by atoms with E-state index in [9.17, 15) is 8.42 Å². The highest BCUT2D eigenvalue weighted by Crippen LogP contribution is 2.29. The third-order valence-electron chi connectivity index (χ3n) is 4.81. The van der Waals surface area contributed by atoms with E-state index in [4.69, 9.17) is 0 Å². The Labute approximate surface area is 165 Å². The Hall–Kier alpha value is -2.89. The largest absolute Gasteiger partial charge is 0.360 e. The predicted octanol–water partition coefficient (Wildman–Crippen LogP) is 4.33. The van der Waals surface area contributed by atoms with E-state index in [2.05, 4.69) is 22.4 Å². The number of hydrogen-bond acceptors (Lipinski definition) is 3. The maximum atomic E-state index is 13.0. The lowest BCUT2D eigenvalue weighted by Gasteiger charge is -2.07. The minimum absolute atomic E-state index is 0.311. The molecule has 0 aliphatic carbocycles. The van der Waals surface area contributed by atoms with Gasteiger partial charge in [0.05, 0.1) is 9.79 Å². The first-order valence-corrected chi connectivity index (χ1v) is 10.8. The summed E-state index contributed by atoms with van der Waals surface area (Å²) in [5.41, 5.74) is 3.19. The van der Waals surface area contributed by atoms with Gasteiger partial charge in [0.1, 0.15) is 0 Å². The third-order valence-corrected chi connectivity index (χ3v) is 6.62. The van der Waals surface area contributed by atoms with Gasteiger partial charge in [-0.05, 0) is 48.4 Å². The van der Waals surface area contributed by atoms with E-state index < -0.39 is 9.84 Å². The zero-order valence-electron chi connectivity index (χ0n) is 15.4. The van der Waals surface area contributed by atoms with Crippen molar-refractivity contribution in [2.45, 2.75) is 22.8 Å². The molecule has 4 rings (SSSR count). The van der Waals surface area contributed by atoms with E-state index >= 15 is 0 Å². The molecule has 5 heteroatoms. The van der Waals surface area contributed by atoms with Crippen LogP contribution in [0.15, 0.2) is 94.9 Å². The quantitative estimate of drug-likeness (QED) is 0.462. The lowest BCUT2D eigenvalue weighted by molar-refractivity contribution is 0.597. The molecule has 0 bridgehead atoms. The second-order valence-corrected chi connectivity index (χ2v) is 8.68. The summed E-state index contributed by atoms with van der Waals surface area (Å²) in [5, 5.41) is 4.18. The highest BCUT2D eigenvalue weighted by atomic mass is 32.2. The van der Waals surface area contributed by atoms with Gasteiger partial charge in [-0.1, -0.05) is 54.6 Å². The summed E-state index contributed by atoms with van der Waals surface area (Å²) < 4.78 is 26.0. The fourth-order valence-corrected chi connectivity index (χ4v) is 4.75. The van der Waals surface area contributed by atoms with Gasteiger partial charge in [-0.2, -0.15) is 0 Å². The Morgan fingerprint density at radius 2 is 1.54 bits per heavy atom. The molecule has 28 heavy (non-hydrogen) atoms. The zero-order chi connectivity index (χ0) is 19.4. The molecule has 142 valence electrons. The minimum Gasteiger partial charge on any atom is -0.360 e. The number of sulfone groups is 1. The average molecular weight is 391 g/mol.